The molecule has 0 radical (unpaired) electrons. The van der Waals surface area contributed by atoms with E-state index in [-0.39, 0.29) is 16.9 Å². The van der Waals surface area contributed by atoms with Gasteiger partial charge in [0.2, 0.25) is 0 Å². The summed E-state index contributed by atoms with van der Waals surface area (Å²) >= 11 is 1.71. The summed E-state index contributed by atoms with van der Waals surface area (Å²) < 4.78 is 0. The number of carbonyl (C=O) groups is 1. The maximum Gasteiger partial charge on any atom is 0.259 e. The number of amides is 1. The molecule has 0 spiro atoms. The lowest BCUT2D eigenvalue weighted by molar-refractivity contribution is 0.0625. The van der Waals surface area contributed by atoms with E-state index in [1.54, 1.807) is 11.3 Å². The van der Waals surface area contributed by atoms with Crippen LogP contribution in [-0.4, -0.2) is 51.9 Å². The summed E-state index contributed by atoms with van der Waals surface area (Å²) in [6.45, 7) is 10.4. The van der Waals surface area contributed by atoms with E-state index in [0.717, 1.165) is 54.0 Å². The second kappa shape index (κ2) is 8.69. The second-order valence-corrected chi connectivity index (χ2v) is 11.5. The lowest BCUT2D eigenvalue weighted by Gasteiger charge is -2.34. The highest BCUT2D eigenvalue weighted by Gasteiger charge is 2.32. The summed E-state index contributed by atoms with van der Waals surface area (Å²) in [7, 11) is 0. The quantitative estimate of drug-likeness (QED) is 0.634. The second-order valence-electron chi connectivity index (χ2n) is 10.4. The zero-order valence-electron chi connectivity index (χ0n) is 19.7. The van der Waals surface area contributed by atoms with Crippen LogP contribution in [0.3, 0.4) is 0 Å². The monoisotopic (exact) mass is 464 g/mol. The van der Waals surface area contributed by atoms with Crippen LogP contribution in [0.2, 0.25) is 0 Å². The van der Waals surface area contributed by atoms with E-state index < -0.39 is 0 Å². The molecule has 7 heteroatoms. The van der Waals surface area contributed by atoms with Crippen molar-refractivity contribution in [2.24, 2.45) is 11.3 Å². The third-order valence-corrected chi connectivity index (χ3v) is 8.39. The van der Waals surface area contributed by atoms with Gasteiger partial charge in [-0.25, -0.2) is 4.98 Å². The molecule has 5 rings (SSSR count). The number of hydrogen-bond acceptors (Lipinski definition) is 5. The highest BCUT2D eigenvalue weighted by Crippen LogP contribution is 2.42. The van der Waals surface area contributed by atoms with E-state index in [2.05, 4.69) is 30.7 Å². The molecule has 0 saturated carbocycles. The minimum absolute atomic E-state index is 0.000370. The van der Waals surface area contributed by atoms with Crippen LogP contribution in [0.25, 0.3) is 10.2 Å². The Hall–Kier alpha value is -2.51. The zero-order valence-corrected chi connectivity index (χ0v) is 20.5. The standard InChI is InChI=1S/C26H32N4O2S/c1-26(2,3)18-9-10-19-20(15-18)33-24-22(19)23(31)27-21(28-24)16-29-11-13-30(14-12-29)25(32)17-7-5-4-6-8-17/h4-8,18H,9-16H2,1-3H3,(H,27,28,31). The number of hydrogen-bond donors (Lipinski definition) is 1. The number of aromatic nitrogens is 2. The average molecular weight is 465 g/mol. The fourth-order valence-electron chi connectivity index (χ4n) is 5.13. The Balaban J connectivity index is 1.28. The minimum atomic E-state index is -0.000370. The molecule has 0 bridgehead atoms. The van der Waals surface area contributed by atoms with Gasteiger partial charge in [0, 0.05) is 36.6 Å². The van der Waals surface area contributed by atoms with Crippen molar-refractivity contribution < 1.29 is 4.79 Å². The van der Waals surface area contributed by atoms with Gasteiger partial charge in [0.1, 0.15) is 10.7 Å². The Labute approximate surface area is 198 Å². The van der Waals surface area contributed by atoms with Gasteiger partial charge in [-0.1, -0.05) is 39.0 Å². The fourth-order valence-corrected chi connectivity index (χ4v) is 6.45. The number of nitrogens with one attached hydrogen (secondary N) is 1. The maximum absolute atomic E-state index is 13.0. The number of benzene rings is 1. The van der Waals surface area contributed by atoms with E-state index in [9.17, 15) is 9.59 Å². The predicted molar refractivity (Wildman–Crippen MR) is 133 cm³/mol. The lowest BCUT2D eigenvalue weighted by atomic mass is 9.72. The first-order valence-corrected chi connectivity index (χ1v) is 12.7. The summed E-state index contributed by atoms with van der Waals surface area (Å²) in [5.74, 6) is 1.45. The normalized spacial score (nSPS) is 19.6. The van der Waals surface area contributed by atoms with Crippen LogP contribution in [0.5, 0.6) is 0 Å². The summed E-state index contributed by atoms with van der Waals surface area (Å²) in [4.78, 5) is 40.0. The molecule has 1 N–H and O–H groups in total. The molecular formula is C26H32N4O2S. The average Bonchev–Trinajstić information content (AvgIpc) is 3.17. The van der Waals surface area contributed by atoms with Crippen LogP contribution in [0.15, 0.2) is 35.1 Å². The van der Waals surface area contributed by atoms with Gasteiger partial charge in [0.05, 0.1) is 11.9 Å². The number of carbonyl (C=O) groups excluding carboxylic acids is 1. The van der Waals surface area contributed by atoms with Gasteiger partial charge in [-0.2, -0.15) is 0 Å². The molecule has 1 amide bonds. The Morgan fingerprint density at radius 1 is 1.15 bits per heavy atom. The number of rotatable bonds is 3. The summed E-state index contributed by atoms with van der Waals surface area (Å²) in [5.41, 5.74) is 2.24. The van der Waals surface area contributed by atoms with Crippen LogP contribution in [-0.2, 0) is 19.4 Å². The molecular weight excluding hydrogens is 432 g/mol. The Bertz CT molecular complexity index is 1220. The number of aryl methyl sites for hydroxylation is 1. The largest absolute Gasteiger partial charge is 0.336 e. The van der Waals surface area contributed by atoms with E-state index in [1.165, 1.54) is 10.4 Å². The molecule has 1 atom stereocenters. The SMILES string of the molecule is CC(C)(C)C1CCc2c(sc3nc(CN4CCN(C(=O)c5ccccc5)CC4)[nH]c(=O)c23)C1. The first-order chi connectivity index (χ1) is 15.8. The van der Waals surface area contributed by atoms with Gasteiger partial charge < -0.3 is 9.88 Å². The molecule has 174 valence electrons. The van der Waals surface area contributed by atoms with Gasteiger partial charge in [0.15, 0.2) is 0 Å². The first kappa shape index (κ1) is 22.3. The molecule has 3 heterocycles. The van der Waals surface area contributed by atoms with Gasteiger partial charge in [-0.15, -0.1) is 11.3 Å². The van der Waals surface area contributed by atoms with Gasteiger partial charge >= 0.3 is 0 Å². The highest BCUT2D eigenvalue weighted by atomic mass is 32.1. The number of aromatic amines is 1. The van der Waals surface area contributed by atoms with Gasteiger partial charge in [-0.3, -0.25) is 14.5 Å². The number of piperazine rings is 1. The van der Waals surface area contributed by atoms with Crippen LogP contribution < -0.4 is 5.56 Å². The minimum Gasteiger partial charge on any atom is -0.336 e. The van der Waals surface area contributed by atoms with E-state index in [0.29, 0.717) is 25.6 Å². The zero-order chi connectivity index (χ0) is 23.2. The Morgan fingerprint density at radius 2 is 1.88 bits per heavy atom. The van der Waals surface area contributed by atoms with Gasteiger partial charge in [-0.05, 0) is 48.3 Å². The van der Waals surface area contributed by atoms with Crippen molar-refractivity contribution in [1.29, 1.82) is 0 Å². The molecule has 33 heavy (non-hydrogen) atoms. The Morgan fingerprint density at radius 3 is 2.58 bits per heavy atom. The number of nitrogens with zero attached hydrogens (tertiary/aromatic N) is 3. The molecule has 1 fully saturated rings. The molecule has 1 aliphatic carbocycles. The van der Waals surface area contributed by atoms with Gasteiger partial charge in [0.25, 0.3) is 11.5 Å². The smallest absolute Gasteiger partial charge is 0.259 e. The molecule has 3 aromatic rings. The molecule has 1 aliphatic heterocycles. The molecule has 1 unspecified atom stereocenters. The van der Waals surface area contributed by atoms with Crippen LogP contribution in [0, 0.1) is 11.3 Å². The third kappa shape index (κ3) is 4.49. The number of thiophene rings is 1. The van der Waals surface area contributed by atoms with E-state index >= 15 is 0 Å². The third-order valence-electron chi connectivity index (χ3n) is 7.25. The van der Waals surface area contributed by atoms with Crippen LogP contribution in [0.1, 0.15) is 53.8 Å². The van der Waals surface area contributed by atoms with Crippen molar-refractivity contribution >= 4 is 27.5 Å². The molecule has 2 aliphatic rings. The van der Waals surface area contributed by atoms with Crippen LogP contribution in [0.4, 0.5) is 0 Å². The molecule has 1 aromatic carbocycles. The van der Waals surface area contributed by atoms with Crippen molar-refractivity contribution in [2.45, 2.75) is 46.6 Å². The lowest BCUT2D eigenvalue weighted by Crippen LogP contribution is -2.48. The highest BCUT2D eigenvalue weighted by molar-refractivity contribution is 7.18. The topological polar surface area (TPSA) is 69.3 Å². The summed E-state index contributed by atoms with van der Waals surface area (Å²) in [6, 6.07) is 9.44. The van der Waals surface area contributed by atoms with Crippen molar-refractivity contribution in [2.75, 3.05) is 26.2 Å². The van der Waals surface area contributed by atoms with Crippen molar-refractivity contribution in [3.05, 3.63) is 62.5 Å². The summed E-state index contributed by atoms with van der Waals surface area (Å²) in [5, 5.41) is 0.810. The Kier molecular flexibility index (Phi) is 5.87. The first-order valence-electron chi connectivity index (χ1n) is 11.9. The van der Waals surface area contributed by atoms with Crippen molar-refractivity contribution in [1.82, 2.24) is 19.8 Å². The van der Waals surface area contributed by atoms with E-state index in [4.69, 9.17) is 4.98 Å². The maximum atomic E-state index is 13.0. The number of H-pyrrole nitrogens is 1. The molecule has 6 nitrogen and oxygen atoms in total. The molecule has 1 saturated heterocycles. The summed E-state index contributed by atoms with van der Waals surface area (Å²) in [6.07, 6.45) is 3.15. The number of fused-ring (bicyclic) bond motifs is 3. The fraction of sp³-hybridized carbons (Fsp3) is 0.500. The van der Waals surface area contributed by atoms with Crippen LogP contribution >= 0.6 is 11.3 Å². The predicted octanol–water partition coefficient (Wildman–Crippen LogP) is 4.09. The van der Waals surface area contributed by atoms with Crippen molar-refractivity contribution in [3.8, 4) is 0 Å². The van der Waals surface area contributed by atoms with Crippen molar-refractivity contribution in [3.63, 3.8) is 0 Å². The van der Waals surface area contributed by atoms with E-state index in [1.807, 2.05) is 35.2 Å². The molecule has 2 aromatic heterocycles.